The molecule has 0 radical (unpaired) electrons. The van der Waals surface area contributed by atoms with Crippen molar-refractivity contribution in [2.45, 2.75) is 6.42 Å². The molecule has 24 heavy (non-hydrogen) atoms. The standard InChI is InChI=1S/C19H14FN3O/c20-14-9-7-13(8-10-14)12-18-22-15-4-3-11-21-19(15)23(18)16-5-1-2-6-17(16)24/h1-11,24H,12H2. The van der Waals surface area contributed by atoms with Crippen molar-refractivity contribution in [2.75, 3.05) is 0 Å². The van der Waals surface area contributed by atoms with E-state index in [-0.39, 0.29) is 11.6 Å². The number of aromatic hydroxyl groups is 1. The Bertz CT molecular complexity index is 1010. The lowest BCUT2D eigenvalue weighted by atomic mass is 10.1. The van der Waals surface area contributed by atoms with E-state index in [1.165, 1.54) is 12.1 Å². The van der Waals surface area contributed by atoms with Gasteiger partial charge in [-0.2, -0.15) is 0 Å². The van der Waals surface area contributed by atoms with Crippen LogP contribution in [0.5, 0.6) is 5.75 Å². The first-order chi connectivity index (χ1) is 11.7. The van der Waals surface area contributed by atoms with Gasteiger partial charge in [0.1, 0.15) is 22.9 Å². The Morgan fingerprint density at radius 2 is 1.75 bits per heavy atom. The van der Waals surface area contributed by atoms with Crippen LogP contribution in [-0.2, 0) is 6.42 Å². The normalized spacial score (nSPS) is 11.0. The number of hydrogen-bond donors (Lipinski definition) is 1. The molecule has 5 heteroatoms. The van der Waals surface area contributed by atoms with Crippen LogP contribution in [0.25, 0.3) is 16.9 Å². The van der Waals surface area contributed by atoms with Gasteiger partial charge >= 0.3 is 0 Å². The lowest BCUT2D eigenvalue weighted by Crippen LogP contribution is -2.03. The molecule has 118 valence electrons. The molecular formula is C19H14FN3O. The molecule has 2 heterocycles. The Kier molecular flexibility index (Phi) is 3.46. The van der Waals surface area contributed by atoms with Crippen molar-refractivity contribution >= 4 is 11.2 Å². The Balaban J connectivity index is 1.90. The maximum absolute atomic E-state index is 13.1. The summed E-state index contributed by atoms with van der Waals surface area (Å²) in [4.78, 5) is 9.05. The molecule has 0 unspecified atom stereocenters. The van der Waals surface area contributed by atoms with Crippen LogP contribution in [0, 0.1) is 5.82 Å². The van der Waals surface area contributed by atoms with Crippen molar-refractivity contribution in [2.24, 2.45) is 0 Å². The number of benzene rings is 2. The summed E-state index contributed by atoms with van der Waals surface area (Å²) in [6.45, 7) is 0. The number of phenols is 1. The molecule has 2 aromatic heterocycles. The van der Waals surface area contributed by atoms with Gasteiger partial charge in [-0.25, -0.2) is 14.4 Å². The third kappa shape index (κ3) is 2.50. The molecular weight excluding hydrogens is 305 g/mol. The van der Waals surface area contributed by atoms with Crippen LogP contribution in [0.1, 0.15) is 11.4 Å². The monoisotopic (exact) mass is 319 g/mol. The minimum absolute atomic E-state index is 0.155. The maximum atomic E-state index is 13.1. The highest BCUT2D eigenvalue weighted by atomic mass is 19.1. The van der Waals surface area contributed by atoms with Gasteiger partial charge in [-0.15, -0.1) is 0 Å². The first kappa shape index (κ1) is 14.4. The number of phenolic OH excluding ortho intramolecular Hbond substituents is 1. The second-order valence-corrected chi connectivity index (χ2v) is 5.50. The fourth-order valence-electron chi connectivity index (χ4n) is 2.77. The highest BCUT2D eigenvalue weighted by Gasteiger charge is 2.16. The van der Waals surface area contributed by atoms with Gasteiger partial charge in [-0.1, -0.05) is 24.3 Å². The molecule has 0 saturated carbocycles. The van der Waals surface area contributed by atoms with Crippen molar-refractivity contribution in [1.82, 2.24) is 14.5 Å². The van der Waals surface area contributed by atoms with Crippen LogP contribution >= 0.6 is 0 Å². The largest absolute Gasteiger partial charge is 0.506 e. The van der Waals surface area contributed by atoms with Gasteiger partial charge in [0.05, 0.1) is 5.69 Å². The van der Waals surface area contributed by atoms with Crippen LogP contribution < -0.4 is 0 Å². The summed E-state index contributed by atoms with van der Waals surface area (Å²) >= 11 is 0. The zero-order valence-corrected chi connectivity index (χ0v) is 12.7. The smallest absolute Gasteiger partial charge is 0.164 e. The molecule has 0 aliphatic carbocycles. The minimum Gasteiger partial charge on any atom is -0.506 e. The minimum atomic E-state index is -0.269. The van der Waals surface area contributed by atoms with E-state index in [4.69, 9.17) is 0 Å². The zero-order chi connectivity index (χ0) is 16.5. The molecule has 0 saturated heterocycles. The molecule has 0 aliphatic rings. The van der Waals surface area contributed by atoms with Crippen LogP contribution in [0.2, 0.25) is 0 Å². The molecule has 0 spiro atoms. The van der Waals surface area contributed by atoms with E-state index in [1.807, 2.05) is 28.8 Å². The Morgan fingerprint density at radius 1 is 0.958 bits per heavy atom. The SMILES string of the molecule is Oc1ccccc1-n1c(Cc2ccc(F)cc2)nc2cccnc21. The highest BCUT2D eigenvalue weighted by molar-refractivity contribution is 5.74. The van der Waals surface area contributed by atoms with E-state index in [0.29, 0.717) is 17.8 Å². The molecule has 2 aromatic carbocycles. The van der Waals surface area contributed by atoms with E-state index < -0.39 is 0 Å². The first-order valence-corrected chi connectivity index (χ1v) is 7.57. The molecule has 1 N–H and O–H groups in total. The quantitative estimate of drug-likeness (QED) is 0.624. The number of imidazole rings is 1. The molecule has 0 atom stereocenters. The molecule has 4 rings (SSSR count). The Labute approximate surface area is 137 Å². The van der Waals surface area contributed by atoms with E-state index in [1.54, 1.807) is 30.5 Å². The average molecular weight is 319 g/mol. The summed E-state index contributed by atoms with van der Waals surface area (Å²) < 4.78 is 15.0. The summed E-state index contributed by atoms with van der Waals surface area (Å²) in [5, 5.41) is 10.2. The summed E-state index contributed by atoms with van der Waals surface area (Å²) in [5.41, 5.74) is 2.98. The second kappa shape index (κ2) is 5.77. The lowest BCUT2D eigenvalue weighted by molar-refractivity contribution is 0.472. The van der Waals surface area contributed by atoms with Gasteiger partial charge in [-0.05, 0) is 42.0 Å². The van der Waals surface area contributed by atoms with Crippen LogP contribution in [0.4, 0.5) is 4.39 Å². The third-order valence-electron chi connectivity index (χ3n) is 3.88. The number of aromatic nitrogens is 3. The van der Waals surface area contributed by atoms with E-state index in [2.05, 4.69) is 9.97 Å². The number of fused-ring (bicyclic) bond motifs is 1. The van der Waals surface area contributed by atoms with Gasteiger partial charge in [0.25, 0.3) is 0 Å². The van der Waals surface area contributed by atoms with Crippen molar-refractivity contribution in [1.29, 1.82) is 0 Å². The molecule has 0 amide bonds. The predicted molar refractivity (Wildman–Crippen MR) is 89.7 cm³/mol. The average Bonchev–Trinajstić information content (AvgIpc) is 2.95. The molecule has 0 aliphatic heterocycles. The first-order valence-electron chi connectivity index (χ1n) is 7.57. The van der Waals surface area contributed by atoms with E-state index in [9.17, 15) is 9.50 Å². The molecule has 4 nitrogen and oxygen atoms in total. The van der Waals surface area contributed by atoms with Gasteiger partial charge in [0, 0.05) is 12.6 Å². The number of rotatable bonds is 3. The fraction of sp³-hybridized carbons (Fsp3) is 0.0526. The lowest BCUT2D eigenvalue weighted by Gasteiger charge is -2.10. The van der Waals surface area contributed by atoms with E-state index >= 15 is 0 Å². The van der Waals surface area contributed by atoms with Crippen LogP contribution in [0.3, 0.4) is 0 Å². The van der Waals surface area contributed by atoms with Crippen LogP contribution in [-0.4, -0.2) is 19.6 Å². The number of nitrogens with zero attached hydrogens (tertiary/aromatic N) is 3. The van der Waals surface area contributed by atoms with Crippen molar-refractivity contribution in [3.8, 4) is 11.4 Å². The Hall–Kier alpha value is -3.21. The summed E-state index contributed by atoms with van der Waals surface area (Å²) in [6.07, 6.45) is 2.20. The van der Waals surface area contributed by atoms with Gasteiger partial charge in [-0.3, -0.25) is 4.57 Å². The van der Waals surface area contributed by atoms with Crippen molar-refractivity contribution < 1.29 is 9.50 Å². The Morgan fingerprint density at radius 3 is 2.54 bits per heavy atom. The summed E-state index contributed by atoms with van der Waals surface area (Å²) in [7, 11) is 0. The topological polar surface area (TPSA) is 50.9 Å². The van der Waals surface area contributed by atoms with Gasteiger partial charge in [0.2, 0.25) is 0 Å². The fourth-order valence-corrected chi connectivity index (χ4v) is 2.77. The third-order valence-corrected chi connectivity index (χ3v) is 3.88. The van der Waals surface area contributed by atoms with Crippen molar-refractivity contribution in [3.63, 3.8) is 0 Å². The maximum Gasteiger partial charge on any atom is 0.164 e. The summed E-state index contributed by atoms with van der Waals surface area (Å²) in [6, 6.07) is 17.1. The van der Waals surface area contributed by atoms with Crippen LogP contribution in [0.15, 0.2) is 66.9 Å². The van der Waals surface area contributed by atoms with Gasteiger partial charge in [0.15, 0.2) is 5.65 Å². The number of hydrogen-bond acceptors (Lipinski definition) is 3. The van der Waals surface area contributed by atoms with Crippen molar-refractivity contribution in [3.05, 3.63) is 84.1 Å². The molecule has 4 aromatic rings. The van der Waals surface area contributed by atoms with Gasteiger partial charge < -0.3 is 5.11 Å². The number of pyridine rings is 1. The predicted octanol–water partition coefficient (Wildman–Crippen LogP) is 3.86. The number of halogens is 1. The summed E-state index contributed by atoms with van der Waals surface area (Å²) in [5.74, 6) is 0.620. The molecule has 0 fully saturated rings. The van der Waals surface area contributed by atoms with E-state index in [0.717, 1.165) is 16.9 Å². The number of para-hydroxylation sites is 2. The zero-order valence-electron chi connectivity index (χ0n) is 12.7. The molecule has 0 bridgehead atoms. The second-order valence-electron chi connectivity index (χ2n) is 5.50. The highest BCUT2D eigenvalue weighted by Crippen LogP contribution is 2.27.